The van der Waals surface area contributed by atoms with E-state index in [1.165, 1.54) is 11.8 Å². The summed E-state index contributed by atoms with van der Waals surface area (Å²) < 4.78 is 0. The lowest BCUT2D eigenvalue weighted by atomic mass is 10.1. The lowest BCUT2D eigenvalue weighted by Gasteiger charge is -1.96. The molecule has 0 unspecified atom stereocenters. The SMILES string of the molecule is O=C1/C(=C/Nc2nc3ccccc3[nH]2)Sc2ccccc21. The number of hydrogen-bond donors (Lipinski definition) is 2. The molecule has 0 fully saturated rings. The average Bonchev–Trinajstić information content (AvgIpc) is 3.07. The van der Waals surface area contributed by atoms with E-state index in [0.717, 1.165) is 21.5 Å². The highest BCUT2D eigenvalue weighted by atomic mass is 32.2. The predicted octanol–water partition coefficient (Wildman–Crippen LogP) is 3.80. The Hall–Kier alpha value is -2.53. The van der Waals surface area contributed by atoms with Crippen LogP contribution in [0.15, 0.2) is 64.5 Å². The van der Waals surface area contributed by atoms with Crippen LogP contribution >= 0.6 is 11.8 Å². The standard InChI is InChI=1S/C16H11N3OS/c20-15-10-5-1-4-8-13(10)21-14(15)9-17-16-18-11-6-2-3-7-12(11)19-16/h1-9H,(H2,17,18,19)/b14-9-. The number of hydrogen-bond acceptors (Lipinski definition) is 4. The van der Waals surface area contributed by atoms with Gasteiger partial charge >= 0.3 is 0 Å². The van der Waals surface area contributed by atoms with Gasteiger partial charge in [0.05, 0.1) is 15.9 Å². The number of thioether (sulfide) groups is 1. The minimum Gasteiger partial charge on any atom is -0.331 e. The molecule has 1 aliphatic heterocycles. The summed E-state index contributed by atoms with van der Waals surface area (Å²) in [6.07, 6.45) is 1.71. The Morgan fingerprint density at radius 1 is 1.10 bits per heavy atom. The predicted molar refractivity (Wildman–Crippen MR) is 84.4 cm³/mol. The van der Waals surface area contributed by atoms with Crippen molar-refractivity contribution in [2.75, 3.05) is 5.32 Å². The molecule has 1 aromatic heterocycles. The molecule has 0 amide bonds. The third kappa shape index (κ3) is 2.11. The van der Waals surface area contributed by atoms with Crippen LogP contribution in [0.5, 0.6) is 0 Å². The van der Waals surface area contributed by atoms with Gasteiger partial charge in [0.2, 0.25) is 11.7 Å². The van der Waals surface area contributed by atoms with Gasteiger partial charge in [-0.3, -0.25) is 4.79 Å². The van der Waals surface area contributed by atoms with Crippen LogP contribution in [0.1, 0.15) is 10.4 Å². The molecule has 5 heteroatoms. The van der Waals surface area contributed by atoms with Crippen LogP contribution in [0.4, 0.5) is 5.95 Å². The number of fused-ring (bicyclic) bond motifs is 2. The Labute approximate surface area is 125 Å². The minimum absolute atomic E-state index is 0.0548. The number of nitrogens with zero attached hydrogens (tertiary/aromatic N) is 1. The molecule has 3 aromatic rings. The Morgan fingerprint density at radius 3 is 2.76 bits per heavy atom. The first-order valence-electron chi connectivity index (χ1n) is 6.54. The van der Waals surface area contributed by atoms with Crippen LogP contribution in [-0.2, 0) is 0 Å². The van der Waals surface area contributed by atoms with Gasteiger partial charge < -0.3 is 10.3 Å². The number of rotatable bonds is 2. The van der Waals surface area contributed by atoms with E-state index in [1.54, 1.807) is 6.20 Å². The molecular weight excluding hydrogens is 282 g/mol. The van der Waals surface area contributed by atoms with E-state index in [1.807, 2.05) is 48.5 Å². The Morgan fingerprint density at radius 2 is 1.90 bits per heavy atom. The van der Waals surface area contributed by atoms with Crippen molar-refractivity contribution in [1.29, 1.82) is 0 Å². The van der Waals surface area contributed by atoms with E-state index in [9.17, 15) is 4.79 Å². The zero-order valence-electron chi connectivity index (χ0n) is 11.0. The highest BCUT2D eigenvalue weighted by Crippen LogP contribution is 2.39. The molecule has 21 heavy (non-hydrogen) atoms. The topological polar surface area (TPSA) is 57.8 Å². The number of anilines is 1. The van der Waals surface area contributed by atoms with Crippen molar-refractivity contribution in [3.8, 4) is 0 Å². The molecule has 1 aliphatic rings. The molecule has 0 atom stereocenters. The third-order valence-electron chi connectivity index (χ3n) is 3.30. The number of allylic oxidation sites excluding steroid dienone is 1. The molecule has 0 bridgehead atoms. The number of benzene rings is 2. The number of ketones is 1. The lowest BCUT2D eigenvalue weighted by molar-refractivity contribution is 0.104. The van der Waals surface area contributed by atoms with Gasteiger partial charge in [0, 0.05) is 16.7 Å². The van der Waals surface area contributed by atoms with Crippen LogP contribution in [0, 0.1) is 0 Å². The van der Waals surface area contributed by atoms with Crippen molar-refractivity contribution < 1.29 is 4.79 Å². The second-order valence-electron chi connectivity index (χ2n) is 4.68. The van der Waals surface area contributed by atoms with Gasteiger partial charge in [0.1, 0.15) is 0 Å². The van der Waals surface area contributed by atoms with E-state index in [-0.39, 0.29) is 5.78 Å². The van der Waals surface area contributed by atoms with Crippen LogP contribution in [0.25, 0.3) is 11.0 Å². The number of H-pyrrole nitrogens is 1. The largest absolute Gasteiger partial charge is 0.331 e. The molecule has 4 rings (SSSR count). The van der Waals surface area contributed by atoms with Gasteiger partial charge in [-0.25, -0.2) is 4.98 Å². The summed E-state index contributed by atoms with van der Waals surface area (Å²) in [7, 11) is 0. The van der Waals surface area contributed by atoms with Crippen molar-refractivity contribution >= 4 is 34.5 Å². The Kier molecular flexibility index (Phi) is 2.79. The summed E-state index contributed by atoms with van der Waals surface area (Å²) >= 11 is 1.48. The molecule has 0 spiro atoms. The zero-order valence-corrected chi connectivity index (χ0v) is 11.8. The molecule has 2 N–H and O–H groups in total. The van der Waals surface area contributed by atoms with Gasteiger partial charge in [-0.1, -0.05) is 36.0 Å². The minimum atomic E-state index is 0.0548. The van der Waals surface area contributed by atoms with Crippen molar-refractivity contribution in [3.05, 3.63) is 65.2 Å². The Balaban J connectivity index is 1.61. The van der Waals surface area contributed by atoms with Crippen LogP contribution < -0.4 is 5.32 Å². The monoisotopic (exact) mass is 293 g/mol. The van der Waals surface area contributed by atoms with Gasteiger partial charge in [-0.2, -0.15) is 0 Å². The first-order chi connectivity index (χ1) is 10.3. The molecule has 0 saturated carbocycles. The number of carbonyl (C=O) groups excluding carboxylic acids is 1. The molecule has 102 valence electrons. The van der Waals surface area contributed by atoms with Crippen molar-refractivity contribution in [2.24, 2.45) is 0 Å². The Bertz CT molecular complexity index is 849. The van der Waals surface area contributed by atoms with Gasteiger partial charge in [0.15, 0.2) is 0 Å². The number of aromatic amines is 1. The molecule has 0 radical (unpaired) electrons. The van der Waals surface area contributed by atoms with Crippen molar-refractivity contribution in [3.63, 3.8) is 0 Å². The molecule has 2 aromatic carbocycles. The van der Waals surface area contributed by atoms with Crippen LogP contribution in [-0.4, -0.2) is 15.8 Å². The normalized spacial score (nSPS) is 15.6. The third-order valence-corrected chi connectivity index (χ3v) is 4.40. The smallest absolute Gasteiger partial charge is 0.205 e. The van der Waals surface area contributed by atoms with E-state index in [0.29, 0.717) is 10.9 Å². The lowest BCUT2D eigenvalue weighted by Crippen LogP contribution is -1.98. The number of Topliss-reactive ketones (excluding diaryl/α,β-unsaturated/α-hetero) is 1. The number of aromatic nitrogens is 2. The number of nitrogens with one attached hydrogen (secondary N) is 2. The van der Waals surface area contributed by atoms with E-state index in [2.05, 4.69) is 15.3 Å². The zero-order chi connectivity index (χ0) is 14.2. The summed E-state index contributed by atoms with van der Waals surface area (Å²) in [6.45, 7) is 0. The molecule has 4 nitrogen and oxygen atoms in total. The number of para-hydroxylation sites is 2. The average molecular weight is 293 g/mol. The number of carbonyl (C=O) groups is 1. The summed E-state index contributed by atoms with van der Waals surface area (Å²) in [5.74, 6) is 0.687. The summed E-state index contributed by atoms with van der Waals surface area (Å²) in [5, 5.41) is 3.07. The van der Waals surface area contributed by atoms with Crippen LogP contribution in [0.2, 0.25) is 0 Å². The maximum absolute atomic E-state index is 12.2. The maximum Gasteiger partial charge on any atom is 0.205 e. The molecule has 0 aliphatic carbocycles. The van der Waals surface area contributed by atoms with E-state index in [4.69, 9.17) is 0 Å². The quantitative estimate of drug-likeness (QED) is 0.705. The van der Waals surface area contributed by atoms with Gasteiger partial charge in [-0.15, -0.1) is 0 Å². The fraction of sp³-hybridized carbons (Fsp3) is 0. The first kappa shape index (κ1) is 12.2. The van der Waals surface area contributed by atoms with Crippen molar-refractivity contribution in [1.82, 2.24) is 9.97 Å². The molecular formula is C16H11N3OS. The highest BCUT2D eigenvalue weighted by Gasteiger charge is 2.25. The van der Waals surface area contributed by atoms with Crippen LogP contribution in [0.3, 0.4) is 0 Å². The second kappa shape index (κ2) is 4.79. The number of imidazole rings is 1. The fourth-order valence-electron chi connectivity index (χ4n) is 2.29. The summed E-state index contributed by atoms with van der Waals surface area (Å²) in [4.78, 5) is 21.5. The second-order valence-corrected chi connectivity index (χ2v) is 5.77. The highest BCUT2D eigenvalue weighted by molar-refractivity contribution is 8.04. The summed E-state index contributed by atoms with van der Waals surface area (Å²) in [5.41, 5.74) is 2.62. The first-order valence-corrected chi connectivity index (χ1v) is 7.36. The van der Waals surface area contributed by atoms with E-state index < -0.39 is 0 Å². The van der Waals surface area contributed by atoms with Gasteiger partial charge in [-0.05, 0) is 24.3 Å². The fourth-order valence-corrected chi connectivity index (χ4v) is 3.27. The maximum atomic E-state index is 12.2. The van der Waals surface area contributed by atoms with Crippen molar-refractivity contribution in [2.45, 2.75) is 4.90 Å². The molecule has 0 saturated heterocycles. The van der Waals surface area contributed by atoms with Gasteiger partial charge in [0.25, 0.3) is 0 Å². The molecule has 2 heterocycles. The van der Waals surface area contributed by atoms with E-state index >= 15 is 0 Å². The summed E-state index contributed by atoms with van der Waals surface area (Å²) in [6, 6.07) is 15.4.